The van der Waals surface area contributed by atoms with E-state index in [1.165, 1.54) is 5.56 Å². The van der Waals surface area contributed by atoms with Crippen LogP contribution in [0, 0.1) is 18.3 Å². The summed E-state index contributed by atoms with van der Waals surface area (Å²) in [6.07, 6.45) is 0.824. The molecule has 1 aromatic rings. The van der Waals surface area contributed by atoms with Crippen LogP contribution in [0.5, 0.6) is 0 Å². The number of benzene rings is 1. The lowest BCUT2D eigenvalue weighted by Crippen LogP contribution is -2.15. The first-order chi connectivity index (χ1) is 6.26. The van der Waals surface area contributed by atoms with Gasteiger partial charge in [-0.2, -0.15) is 5.26 Å². The van der Waals surface area contributed by atoms with Crippen molar-refractivity contribution in [1.82, 2.24) is 0 Å². The van der Waals surface area contributed by atoms with Crippen LogP contribution in [0.15, 0.2) is 24.3 Å². The Kier molecular flexibility index (Phi) is 3.33. The molecule has 68 valence electrons. The number of hydrogen-bond acceptors (Lipinski definition) is 2. The van der Waals surface area contributed by atoms with Gasteiger partial charge in [0, 0.05) is 5.69 Å². The van der Waals surface area contributed by atoms with Crippen LogP contribution in [-0.4, -0.2) is 6.04 Å². The Morgan fingerprint density at radius 1 is 1.38 bits per heavy atom. The van der Waals surface area contributed by atoms with Crippen molar-refractivity contribution >= 4 is 5.69 Å². The minimum Gasteiger partial charge on any atom is -0.370 e. The number of nitrogens with zero attached hydrogens (tertiary/aromatic N) is 1. The Labute approximate surface area is 79.2 Å². The second-order valence-corrected chi connectivity index (χ2v) is 3.10. The molecule has 2 nitrogen and oxygen atoms in total. The van der Waals surface area contributed by atoms with Crippen LogP contribution in [0.2, 0.25) is 0 Å². The molecule has 0 radical (unpaired) electrons. The summed E-state index contributed by atoms with van der Waals surface area (Å²) in [6, 6.07) is 10.2. The lowest BCUT2D eigenvalue weighted by atomic mass is 10.2. The molecule has 0 aliphatic rings. The first-order valence-corrected chi connectivity index (χ1v) is 4.49. The van der Waals surface area contributed by atoms with Gasteiger partial charge in [0.1, 0.15) is 6.04 Å². The summed E-state index contributed by atoms with van der Waals surface area (Å²) in [5.41, 5.74) is 2.24. The molecule has 1 N–H and O–H groups in total. The average molecular weight is 174 g/mol. The fourth-order valence-electron chi connectivity index (χ4n) is 1.08. The van der Waals surface area contributed by atoms with E-state index in [4.69, 9.17) is 5.26 Å². The Balaban J connectivity index is 2.64. The van der Waals surface area contributed by atoms with E-state index < -0.39 is 0 Å². The van der Waals surface area contributed by atoms with E-state index in [9.17, 15) is 0 Å². The molecular formula is C11H14N2. The standard InChI is InChI=1S/C11H14N2/c1-3-10(8-12)13-11-6-4-9(2)5-7-11/h4-7,10,13H,3H2,1-2H3. The van der Waals surface area contributed by atoms with Crippen LogP contribution < -0.4 is 5.32 Å². The van der Waals surface area contributed by atoms with Gasteiger partial charge >= 0.3 is 0 Å². The minimum atomic E-state index is -0.0808. The van der Waals surface area contributed by atoms with Gasteiger partial charge in [0.15, 0.2) is 0 Å². The molecule has 1 unspecified atom stereocenters. The number of anilines is 1. The molecule has 0 aromatic heterocycles. The number of nitrogens with one attached hydrogen (secondary N) is 1. The van der Waals surface area contributed by atoms with Crippen LogP contribution in [-0.2, 0) is 0 Å². The fraction of sp³-hybridized carbons (Fsp3) is 0.364. The van der Waals surface area contributed by atoms with Gasteiger partial charge in [-0.1, -0.05) is 24.6 Å². The van der Waals surface area contributed by atoms with Crippen LogP contribution in [0.1, 0.15) is 18.9 Å². The van der Waals surface area contributed by atoms with Gasteiger partial charge in [0.2, 0.25) is 0 Å². The molecule has 0 saturated heterocycles. The molecule has 13 heavy (non-hydrogen) atoms. The zero-order valence-corrected chi connectivity index (χ0v) is 8.04. The third kappa shape index (κ3) is 2.79. The number of aryl methyl sites for hydroxylation is 1. The van der Waals surface area contributed by atoms with E-state index in [0.717, 1.165) is 12.1 Å². The second-order valence-electron chi connectivity index (χ2n) is 3.10. The summed E-state index contributed by atoms with van der Waals surface area (Å²) in [5.74, 6) is 0. The molecule has 1 rings (SSSR count). The minimum absolute atomic E-state index is 0.0808. The van der Waals surface area contributed by atoms with E-state index in [2.05, 4.69) is 11.4 Å². The summed E-state index contributed by atoms with van der Waals surface area (Å²) in [6.45, 7) is 4.04. The number of hydrogen-bond donors (Lipinski definition) is 1. The first kappa shape index (κ1) is 9.60. The monoisotopic (exact) mass is 174 g/mol. The molecule has 0 spiro atoms. The third-order valence-corrected chi connectivity index (χ3v) is 1.96. The van der Waals surface area contributed by atoms with Crippen LogP contribution in [0.4, 0.5) is 5.69 Å². The largest absolute Gasteiger partial charge is 0.370 e. The quantitative estimate of drug-likeness (QED) is 0.764. The smallest absolute Gasteiger partial charge is 0.114 e. The van der Waals surface area contributed by atoms with Crippen LogP contribution >= 0.6 is 0 Å². The first-order valence-electron chi connectivity index (χ1n) is 4.49. The van der Waals surface area contributed by atoms with E-state index >= 15 is 0 Å². The summed E-state index contributed by atoms with van der Waals surface area (Å²) in [4.78, 5) is 0. The normalized spacial score (nSPS) is 11.8. The van der Waals surface area contributed by atoms with Crippen LogP contribution in [0.25, 0.3) is 0 Å². The lowest BCUT2D eigenvalue weighted by Gasteiger charge is -2.10. The second kappa shape index (κ2) is 4.51. The van der Waals surface area contributed by atoms with Gasteiger partial charge in [0.25, 0.3) is 0 Å². The van der Waals surface area contributed by atoms with Crippen molar-refractivity contribution in [2.24, 2.45) is 0 Å². The molecule has 0 heterocycles. The maximum absolute atomic E-state index is 8.73. The predicted octanol–water partition coefficient (Wildman–Crippen LogP) is 2.71. The van der Waals surface area contributed by atoms with Gasteiger partial charge in [-0.15, -0.1) is 0 Å². The molecule has 0 fully saturated rings. The molecule has 1 aromatic carbocycles. The highest BCUT2D eigenvalue weighted by Crippen LogP contribution is 2.10. The van der Waals surface area contributed by atoms with E-state index in [0.29, 0.717) is 0 Å². The molecule has 0 aliphatic heterocycles. The Morgan fingerprint density at radius 3 is 2.46 bits per heavy atom. The molecule has 0 saturated carbocycles. The zero-order chi connectivity index (χ0) is 9.68. The maximum atomic E-state index is 8.73. The van der Waals surface area contributed by atoms with Crippen molar-refractivity contribution in [3.05, 3.63) is 29.8 Å². The van der Waals surface area contributed by atoms with Crippen molar-refractivity contribution in [2.45, 2.75) is 26.3 Å². The van der Waals surface area contributed by atoms with Gasteiger partial charge in [0.05, 0.1) is 6.07 Å². The topological polar surface area (TPSA) is 35.8 Å². The molecule has 0 aliphatic carbocycles. The number of nitriles is 1. The van der Waals surface area contributed by atoms with Gasteiger partial charge < -0.3 is 5.32 Å². The predicted molar refractivity (Wildman–Crippen MR) is 54.5 cm³/mol. The Morgan fingerprint density at radius 2 is 2.00 bits per heavy atom. The number of rotatable bonds is 3. The Bertz CT molecular complexity index is 295. The summed E-state index contributed by atoms with van der Waals surface area (Å²) in [5, 5.41) is 11.9. The summed E-state index contributed by atoms with van der Waals surface area (Å²) >= 11 is 0. The zero-order valence-electron chi connectivity index (χ0n) is 8.04. The van der Waals surface area contributed by atoms with E-state index in [1.807, 2.05) is 38.1 Å². The highest BCUT2D eigenvalue weighted by molar-refractivity contribution is 5.46. The van der Waals surface area contributed by atoms with Crippen molar-refractivity contribution in [1.29, 1.82) is 5.26 Å². The highest BCUT2D eigenvalue weighted by atomic mass is 14.9. The van der Waals surface area contributed by atoms with E-state index in [-0.39, 0.29) is 6.04 Å². The third-order valence-electron chi connectivity index (χ3n) is 1.96. The lowest BCUT2D eigenvalue weighted by molar-refractivity contribution is 0.845. The highest BCUT2D eigenvalue weighted by Gasteiger charge is 2.02. The van der Waals surface area contributed by atoms with Gasteiger partial charge in [-0.25, -0.2) is 0 Å². The average Bonchev–Trinajstić information content (AvgIpc) is 2.17. The molecule has 1 atom stereocenters. The van der Waals surface area contributed by atoms with Crippen LogP contribution in [0.3, 0.4) is 0 Å². The van der Waals surface area contributed by atoms with Crippen molar-refractivity contribution in [3.63, 3.8) is 0 Å². The summed E-state index contributed by atoms with van der Waals surface area (Å²) in [7, 11) is 0. The SMILES string of the molecule is CCC(C#N)Nc1ccc(C)cc1. The van der Waals surface area contributed by atoms with E-state index in [1.54, 1.807) is 0 Å². The van der Waals surface area contributed by atoms with Crippen molar-refractivity contribution < 1.29 is 0 Å². The van der Waals surface area contributed by atoms with Crippen molar-refractivity contribution in [2.75, 3.05) is 5.32 Å². The van der Waals surface area contributed by atoms with Crippen molar-refractivity contribution in [3.8, 4) is 6.07 Å². The maximum Gasteiger partial charge on any atom is 0.114 e. The molecule has 2 heteroatoms. The summed E-state index contributed by atoms with van der Waals surface area (Å²) < 4.78 is 0. The molecule has 0 amide bonds. The van der Waals surface area contributed by atoms with Gasteiger partial charge in [-0.3, -0.25) is 0 Å². The molecule has 0 bridgehead atoms. The Hall–Kier alpha value is -1.49. The van der Waals surface area contributed by atoms with Gasteiger partial charge in [-0.05, 0) is 25.5 Å². The molecular weight excluding hydrogens is 160 g/mol. The fourth-order valence-corrected chi connectivity index (χ4v) is 1.08.